The van der Waals surface area contributed by atoms with Crippen molar-refractivity contribution in [2.75, 3.05) is 26.8 Å². The van der Waals surface area contributed by atoms with Crippen LogP contribution in [-0.4, -0.2) is 42.8 Å². The molecule has 0 unspecified atom stereocenters. The summed E-state index contributed by atoms with van der Waals surface area (Å²) >= 11 is 0. The molecule has 116 valence electrons. The number of hydrogen-bond acceptors (Lipinski definition) is 4. The monoisotopic (exact) mass is 293 g/mol. The minimum Gasteiger partial charge on any atom is -0.493 e. The Morgan fingerprint density at radius 1 is 1.38 bits per heavy atom. The van der Waals surface area contributed by atoms with Crippen molar-refractivity contribution in [3.8, 4) is 11.5 Å². The zero-order valence-electron chi connectivity index (χ0n) is 12.7. The minimum absolute atomic E-state index is 0.196. The molecular formula is C16H23NO4. The van der Waals surface area contributed by atoms with Crippen LogP contribution in [0.3, 0.4) is 0 Å². The minimum atomic E-state index is -0.675. The van der Waals surface area contributed by atoms with Crippen LogP contribution in [0, 0.1) is 5.92 Å². The van der Waals surface area contributed by atoms with E-state index in [0.29, 0.717) is 19.4 Å². The van der Waals surface area contributed by atoms with Crippen molar-refractivity contribution in [1.82, 2.24) is 4.90 Å². The molecular weight excluding hydrogens is 270 g/mol. The van der Waals surface area contributed by atoms with Gasteiger partial charge in [0.2, 0.25) is 0 Å². The average Bonchev–Trinajstić information content (AvgIpc) is 2.49. The van der Waals surface area contributed by atoms with Gasteiger partial charge in [-0.05, 0) is 38.9 Å². The second-order valence-corrected chi connectivity index (χ2v) is 5.27. The van der Waals surface area contributed by atoms with E-state index in [9.17, 15) is 4.79 Å². The number of likely N-dealkylation sites (tertiary alicyclic amines) is 1. The lowest BCUT2D eigenvalue weighted by molar-refractivity contribution is -0.143. The van der Waals surface area contributed by atoms with E-state index in [0.717, 1.165) is 36.7 Å². The molecule has 1 saturated heterocycles. The molecule has 0 atom stereocenters. The van der Waals surface area contributed by atoms with Crippen molar-refractivity contribution in [3.05, 3.63) is 23.8 Å². The van der Waals surface area contributed by atoms with Crippen LogP contribution < -0.4 is 9.47 Å². The highest BCUT2D eigenvalue weighted by Crippen LogP contribution is 2.32. The number of benzene rings is 1. The summed E-state index contributed by atoms with van der Waals surface area (Å²) in [7, 11) is 1.64. The Labute approximate surface area is 125 Å². The lowest BCUT2D eigenvalue weighted by atomic mass is 9.97. The Morgan fingerprint density at radius 2 is 2.10 bits per heavy atom. The molecule has 0 spiro atoms. The first-order valence-corrected chi connectivity index (χ1v) is 7.39. The maximum Gasteiger partial charge on any atom is 0.306 e. The van der Waals surface area contributed by atoms with Crippen LogP contribution in [-0.2, 0) is 11.3 Å². The van der Waals surface area contributed by atoms with Crippen LogP contribution in [0.1, 0.15) is 25.3 Å². The molecule has 1 N–H and O–H groups in total. The molecule has 21 heavy (non-hydrogen) atoms. The lowest BCUT2D eigenvalue weighted by Crippen LogP contribution is -2.35. The number of hydrogen-bond donors (Lipinski definition) is 1. The van der Waals surface area contributed by atoms with Gasteiger partial charge in [-0.15, -0.1) is 0 Å². The van der Waals surface area contributed by atoms with Crippen LogP contribution in [0.2, 0.25) is 0 Å². The van der Waals surface area contributed by atoms with Crippen molar-refractivity contribution in [3.63, 3.8) is 0 Å². The number of rotatable bonds is 6. The summed E-state index contributed by atoms with van der Waals surface area (Å²) in [4.78, 5) is 13.3. The highest BCUT2D eigenvalue weighted by atomic mass is 16.5. The van der Waals surface area contributed by atoms with Gasteiger partial charge in [-0.2, -0.15) is 0 Å². The molecule has 0 aromatic heterocycles. The molecule has 0 bridgehead atoms. The van der Waals surface area contributed by atoms with Gasteiger partial charge in [-0.1, -0.05) is 12.1 Å². The summed E-state index contributed by atoms with van der Waals surface area (Å²) in [6.45, 7) is 4.92. The highest BCUT2D eigenvalue weighted by Gasteiger charge is 2.25. The van der Waals surface area contributed by atoms with Gasteiger partial charge in [0.25, 0.3) is 0 Å². The first kappa shape index (κ1) is 15.6. The van der Waals surface area contributed by atoms with E-state index in [4.69, 9.17) is 14.6 Å². The Hall–Kier alpha value is -1.75. The molecule has 5 nitrogen and oxygen atoms in total. The lowest BCUT2D eigenvalue weighted by Gasteiger charge is -2.30. The summed E-state index contributed by atoms with van der Waals surface area (Å²) in [6.07, 6.45) is 1.42. The first-order chi connectivity index (χ1) is 10.2. The number of nitrogens with zero attached hydrogens (tertiary/aromatic N) is 1. The standard InChI is InChI=1S/C16H23NO4/c1-3-21-15-13(5-4-6-14(15)20-2)11-17-9-7-12(8-10-17)16(18)19/h4-6,12H,3,7-11H2,1-2H3,(H,18,19). The van der Waals surface area contributed by atoms with Crippen molar-refractivity contribution in [1.29, 1.82) is 0 Å². The van der Waals surface area contributed by atoms with E-state index in [1.807, 2.05) is 25.1 Å². The molecule has 5 heteroatoms. The predicted octanol–water partition coefficient (Wildman–Crippen LogP) is 2.39. The van der Waals surface area contributed by atoms with Crippen LogP contribution in [0.15, 0.2) is 18.2 Å². The molecule has 1 aliphatic heterocycles. The van der Waals surface area contributed by atoms with Gasteiger partial charge in [0.05, 0.1) is 19.6 Å². The number of ether oxygens (including phenoxy) is 2. The Morgan fingerprint density at radius 3 is 2.67 bits per heavy atom. The Balaban J connectivity index is 2.05. The number of carboxylic acid groups (broad SMARTS) is 1. The average molecular weight is 293 g/mol. The molecule has 0 saturated carbocycles. The van der Waals surface area contributed by atoms with E-state index in [2.05, 4.69) is 4.90 Å². The van der Waals surface area contributed by atoms with Crippen molar-refractivity contribution in [2.45, 2.75) is 26.3 Å². The maximum atomic E-state index is 11.0. The third-order valence-electron chi connectivity index (χ3n) is 3.90. The molecule has 1 heterocycles. The number of methoxy groups -OCH3 is 1. The van der Waals surface area contributed by atoms with Crippen LogP contribution in [0.5, 0.6) is 11.5 Å². The fourth-order valence-electron chi connectivity index (χ4n) is 2.73. The normalized spacial score (nSPS) is 16.7. The van der Waals surface area contributed by atoms with Crippen molar-refractivity contribution in [2.24, 2.45) is 5.92 Å². The van der Waals surface area contributed by atoms with Gasteiger partial charge in [0.1, 0.15) is 0 Å². The fourth-order valence-corrected chi connectivity index (χ4v) is 2.73. The third-order valence-corrected chi connectivity index (χ3v) is 3.90. The number of para-hydroxylation sites is 1. The third kappa shape index (κ3) is 3.88. The second kappa shape index (κ2) is 7.31. The van der Waals surface area contributed by atoms with Gasteiger partial charge in [0.15, 0.2) is 11.5 Å². The van der Waals surface area contributed by atoms with Gasteiger partial charge in [-0.25, -0.2) is 0 Å². The summed E-state index contributed by atoms with van der Waals surface area (Å²) < 4.78 is 11.1. The van der Waals surface area contributed by atoms with Crippen molar-refractivity contribution >= 4 is 5.97 Å². The quantitative estimate of drug-likeness (QED) is 0.872. The molecule has 2 rings (SSSR count). The summed E-state index contributed by atoms with van der Waals surface area (Å²) in [5, 5.41) is 9.04. The fraction of sp³-hybridized carbons (Fsp3) is 0.562. The summed E-state index contributed by atoms with van der Waals surface area (Å²) in [5.41, 5.74) is 1.09. The summed E-state index contributed by atoms with van der Waals surface area (Å²) in [5.74, 6) is 0.668. The van der Waals surface area contributed by atoms with Gasteiger partial charge in [-0.3, -0.25) is 9.69 Å². The Bertz CT molecular complexity index is 481. The number of aliphatic carboxylic acids is 1. The van der Waals surface area contributed by atoms with E-state index in [-0.39, 0.29) is 5.92 Å². The second-order valence-electron chi connectivity index (χ2n) is 5.27. The molecule has 0 radical (unpaired) electrons. The molecule has 1 aromatic rings. The molecule has 0 amide bonds. The summed E-state index contributed by atoms with van der Waals surface area (Å²) in [6, 6.07) is 5.89. The smallest absolute Gasteiger partial charge is 0.306 e. The molecule has 1 fully saturated rings. The largest absolute Gasteiger partial charge is 0.493 e. The van der Waals surface area contributed by atoms with Gasteiger partial charge < -0.3 is 14.6 Å². The van der Waals surface area contributed by atoms with E-state index in [1.165, 1.54) is 0 Å². The van der Waals surface area contributed by atoms with Gasteiger partial charge >= 0.3 is 5.97 Å². The van der Waals surface area contributed by atoms with Crippen LogP contribution in [0.25, 0.3) is 0 Å². The van der Waals surface area contributed by atoms with Crippen LogP contribution >= 0.6 is 0 Å². The molecule has 1 aliphatic rings. The zero-order chi connectivity index (χ0) is 15.2. The number of carboxylic acids is 1. The topological polar surface area (TPSA) is 59.0 Å². The van der Waals surface area contributed by atoms with Crippen LogP contribution in [0.4, 0.5) is 0 Å². The Kier molecular flexibility index (Phi) is 5.44. The SMILES string of the molecule is CCOc1c(CN2CCC(C(=O)O)CC2)cccc1OC. The maximum absolute atomic E-state index is 11.0. The highest BCUT2D eigenvalue weighted by molar-refractivity contribution is 5.70. The number of piperidine rings is 1. The van der Waals surface area contributed by atoms with E-state index >= 15 is 0 Å². The molecule has 0 aliphatic carbocycles. The zero-order valence-corrected chi connectivity index (χ0v) is 12.7. The predicted molar refractivity (Wildman–Crippen MR) is 79.8 cm³/mol. The van der Waals surface area contributed by atoms with Crippen molar-refractivity contribution < 1.29 is 19.4 Å². The van der Waals surface area contributed by atoms with Gasteiger partial charge in [0, 0.05) is 12.1 Å². The number of carbonyl (C=O) groups is 1. The first-order valence-electron chi connectivity index (χ1n) is 7.39. The van der Waals surface area contributed by atoms with E-state index in [1.54, 1.807) is 7.11 Å². The van der Waals surface area contributed by atoms with E-state index < -0.39 is 5.97 Å². The molecule has 1 aromatic carbocycles.